The van der Waals surface area contributed by atoms with Crippen LogP contribution in [0.3, 0.4) is 0 Å². The van der Waals surface area contributed by atoms with Crippen LogP contribution >= 0.6 is 0 Å². The van der Waals surface area contributed by atoms with Gasteiger partial charge in [0.25, 0.3) is 0 Å². The lowest BCUT2D eigenvalue weighted by Crippen LogP contribution is -2.41. The summed E-state index contributed by atoms with van der Waals surface area (Å²) in [6, 6.07) is 1.91. The van der Waals surface area contributed by atoms with Crippen LogP contribution in [-0.4, -0.2) is 36.6 Å². The molecule has 0 aliphatic carbocycles. The minimum atomic E-state index is -1.67. The molecular weight excluding hydrogens is 256 g/mol. The molecule has 0 unspecified atom stereocenters. The van der Waals surface area contributed by atoms with Crippen LogP contribution in [0, 0.1) is 0 Å². The number of hydrogen-bond donors (Lipinski definition) is 1. The van der Waals surface area contributed by atoms with Crippen LogP contribution in [0.15, 0.2) is 12.3 Å². The Morgan fingerprint density at radius 3 is 2.53 bits per heavy atom. The summed E-state index contributed by atoms with van der Waals surface area (Å²) in [5.74, 6) is 0.701. The van der Waals surface area contributed by atoms with Crippen molar-refractivity contribution in [1.29, 1.82) is 0 Å². The third kappa shape index (κ3) is 5.01. The van der Waals surface area contributed by atoms with Gasteiger partial charge in [-0.3, -0.25) is 0 Å². The second kappa shape index (κ2) is 6.59. The number of aliphatic hydroxyl groups is 1. The normalized spacial score (nSPS) is 12.7. The highest BCUT2D eigenvalue weighted by Crippen LogP contribution is 2.36. The number of aliphatic hydroxyl groups excluding tert-OH is 1. The van der Waals surface area contributed by atoms with Gasteiger partial charge >= 0.3 is 0 Å². The van der Waals surface area contributed by atoms with Crippen molar-refractivity contribution in [2.45, 2.75) is 51.7 Å². The highest BCUT2D eigenvalue weighted by molar-refractivity contribution is 6.74. The number of aromatic nitrogens is 2. The summed E-state index contributed by atoms with van der Waals surface area (Å²) in [7, 11) is -1.67. The van der Waals surface area contributed by atoms with Crippen molar-refractivity contribution in [3.05, 3.63) is 23.8 Å². The summed E-state index contributed by atoms with van der Waals surface area (Å²) in [5, 5.41) is 9.12. The lowest BCUT2D eigenvalue weighted by molar-refractivity contribution is 0.289. The van der Waals surface area contributed by atoms with Crippen molar-refractivity contribution in [2.75, 3.05) is 13.2 Å². The smallest absolute Gasteiger partial charge is 0.191 e. The van der Waals surface area contributed by atoms with E-state index in [1.54, 1.807) is 6.20 Å². The molecule has 0 aliphatic rings. The van der Waals surface area contributed by atoms with Crippen LogP contribution in [0.2, 0.25) is 18.1 Å². The second-order valence-electron chi connectivity index (χ2n) is 6.30. The van der Waals surface area contributed by atoms with Gasteiger partial charge in [-0.05, 0) is 24.2 Å². The Kier molecular flexibility index (Phi) is 5.64. The molecule has 4 nitrogen and oxygen atoms in total. The van der Waals surface area contributed by atoms with E-state index in [4.69, 9.17) is 9.53 Å². The molecule has 0 aromatic carbocycles. The van der Waals surface area contributed by atoms with Crippen LogP contribution in [-0.2, 0) is 17.3 Å². The Balaban J connectivity index is 2.51. The largest absolute Gasteiger partial charge is 0.416 e. The fraction of sp³-hybridized carbons (Fsp3) is 0.714. The molecule has 0 spiro atoms. The maximum absolute atomic E-state index is 8.88. The first-order chi connectivity index (χ1) is 8.76. The zero-order valence-electron chi connectivity index (χ0n) is 12.7. The molecule has 19 heavy (non-hydrogen) atoms. The number of nitrogens with zero attached hydrogens (tertiary/aromatic N) is 2. The third-order valence-corrected chi connectivity index (χ3v) is 8.26. The Morgan fingerprint density at radius 1 is 1.26 bits per heavy atom. The van der Waals surface area contributed by atoms with Crippen molar-refractivity contribution >= 4 is 8.32 Å². The third-order valence-electron chi connectivity index (χ3n) is 3.73. The van der Waals surface area contributed by atoms with E-state index >= 15 is 0 Å². The first-order valence-electron chi connectivity index (χ1n) is 6.82. The minimum Gasteiger partial charge on any atom is -0.416 e. The summed E-state index contributed by atoms with van der Waals surface area (Å²) < 4.78 is 6.13. The zero-order valence-corrected chi connectivity index (χ0v) is 13.7. The predicted molar refractivity (Wildman–Crippen MR) is 79.7 cm³/mol. The summed E-state index contributed by atoms with van der Waals surface area (Å²) in [6.07, 6.45) is 3.06. The molecule has 0 amide bonds. The van der Waals surface area contributed by atoms with E-state index in [0.29, 0.717) is 18.9 Å². The molecule has 1 heterocycles. The van der Waals surface area contributed by atoms with Gasteiger partial charge in [-0.25, -0.2) is 9.97 Å². The van der Waals surface area contributed by atoms with Crippen molar-refractivity contribution in [3.63, 3.8) is 0 Å². The maximum Gasteiger partial charge on any atom is 0.191 e. The maximum atomic E-state index is 8.88. The first-order valence-corrected chi connectivity index (χ1v) is 9.73. The van der Waals surface area contributed by atoms with E-state index in [2.05, 4.69) is 43.8 Å². The fourth-order valence-corrected chi connectivity index (χ4v) is 2.47. The molecule has 1 aromatic rings. The monoisotopic (exact) mass is 282 g/mol. The highest BCUT2D eigenvalue weighted by Gasteiger charge is 2.36. The van der Waals surface area contributed by atoms with Crippen LogP contribution in [0.1, 0.15) is 32.3 Å². The Labute approximate surface area is 117 Å². The van der Waals surface area contributed by atoms with E-state index in [9.17, 15) is 0 Å². The van der Waals surface area contributed by atoms with Gasteiger partial charge in [-0.15, -0.1) is 0 Å². The van der Waals surface area contributed by atoms with E-state index in [0.717, 1.165) is 12.1 Å². The van der Waals surface area contributed by atoms with Gasteiger partial charge < -0.3 is 9.53 Å². The standard InChI is InChI=1S/C14H26N2O2Si/c1-14(2,3)19(4,5)18-11-8-12-6-9-15-13(16-12)7-10-17/h6,9,17H,7-8,10-11H2,1-5H3. The van der Waals surface area contributed by atoms with Crippen LogP contribution in [0.5, 0.6) is 0 Å². The SMILES string of the molecule is CC(C)(C)[Si](C)(C)OCCc1ccnc(CCO)n1. The van der Waals surface area contributed by atoms with Crippen LogP contribution < -0.4 is 0 Å². The molecule has 0 atom stereocenters. The molecule has 0 aliphatic heterocycles. The second-order valence-corrected chi connectivity index (χ2v) is 11.1. The fourth-order valence-electron chi connectivity index (χ4n) is 1.43. The molecular formula is C14H26N2O2Si. The average Bonchev–Trinajstić information content (AvgIpc) is 2.28. The quantitative estimate of drug-likeness (QED) is 0.815. The predicted octanol–water partition coefficient (Wildman–Crippen LogP) is 2.58. The summed E-state index contributed by atoms with van der Waals surface area (Å²) >= 11 is 0. The Hall–Kier alpha value is -0.783. The molecule has 0 saturated carbocycles. The summed E-state index contributed by atoms with van der Waals surface area (Å²) in [6.45, 7) is 12.0. The summed E-state index contributed by atoms with van der Waals surface area (Å²) in [4.78, 5) is 8.53. The first kappa shape index (κ1) is 16.3. The molecule has 0 saturated heterocycles. The Morgan fingerprint density at radius 2 is 1.95 bits per heavy atom. The van der Waals surface area contributed by atoms with Gasteiger partial charge in [0, 0.05) is 31.3 Å². The van der Waals surface area contributed by atoms with Gasteiger partial charge in [-0.1, -0.05) is 20.8 Å². The molecule has 0 fully saturated rings. The van der Waals surface area contributed by atoms with E-state index < -0.39 is 8.32 Å². The van der Waals surface area contributed by atoms with Crippen molar-refractivity contribution in [1.82, 2.24) is 9.97 Å². The average molecular weight is 282 g/mol. The van der Waals surface area contributed by atoms with Crippen molar-refractivity contribution in [2.24, 2.45) is 0 Å². The lowest BCUT2D eigenvalue weighted by Gasteiger charge is -2.36. The molecule has 0 bridgehead atoms. The van der Waals surface area contributed by atoms with Gasteiger partial charge in [0.05, 0.1) is 6.61 Å². The Bertz CT molecular complexity index is 403. The molecule has 1 rings (SSSR count). The van der Waals surface area contributed by atoms with Crippen molar-refractivity contribution in [3.8, 4) is 0 Å². The minimum absolute atomic E-state index is 0.0872. The molecule has 0 radical (unpaired) electrons. The van der Waals surface area contributed by atoms with Crippen LogP contribution in [0.4, 0.5) is 0 Å². The van der Waals surface area contributed by atoms with Crippen LogP contribution in [0.25, 0.3) is 0 Å². The molecule has 1 N–H and O–H groups in total. The summed E-state index contributed by atoms with van der Waals surface area (Å²) in [5.41, 5.74) is 0.983. The number of hydrogen-bond acceptors (Lipinski definition) is 4. The molecule has 1 aromatic heterocycles. The molecule has 5 heteroatoms. The van der Waals surface area contributed by atoms with E-state index in [-0.39, 0.29) is 11.6 Å². The van der Waals surface area contributed by atoms with Gasteiger partial charge in [0.2, 0.25) is 0 Å². The van der Waals surface area contributed by atoms with Gasteiger partial charge in [0.15, 0.2) is 8.32 Å². The zero-order chi connectivity index (χ0) is 14.5. The van der Waals surface area contributed by atoms with Gasteiger partial charge in [-0.2, -0.15) is 0 Å². The van der Waals surface area contributed by atoms with E-state index in [1.165, 1.54) is 0 Å². The number of rotatable bonds is 6. The van der Waals surface area contributed by atoms with E-state index in [1.807, 2.05) is 6.07 Å². The van der Waals surface area contributed by atoms with Crippen molar-refractivity contribution < 1.29 is 9.53 Å². The van der Waals surface area contributed by atoms with Gasteiger partial charge in [0.1, 0.15) is 5.82 Å². The topological polar surface area (TPSA) is 55.2 Å². The lowest BCUT2D eigenvalue weighted by atomic mass is 10.2. The molecule has 108 valence electrons. The highest BCUT2D eigenvalue weighted by atomic mass is 28.4.